The number of hydrogen-bond donors (Lipinski definition) is 1. The molecule has 2 fully saturated rings. The van der Waals surface area contributed by atoms with Gasteiger partial charge in [0, 0.05) is 35.3 Å². The van der Waals surface area contributed by atoms with Gasteiger partial charge in [-0.3, -0.25) is 0 Å². The molecule has 10 nitrogen and oxygen atoms in total. The number of nitrogens with zero attached hydrogens (tertiary/aromatic N) is 6. The van der Waals surface area contributed by atoms with Crippen LogP contribution in [0.3, 0.4) is 0 Å². The lowest BCUT2D eigenvalue weighted by Gasteiger charge is -2.30. The number of nitrogens with one attached hydrogen (secondary N) is 1. The maximum atomic E-state index is 5.52. The van der Waals surface area contributed by atoms with Gasteiger partial charge in [-0.15, -0.1) is 0 Å². The molecule has 0 aliphatic carbocycles. The summed E-state index contributed by atoms with van der Waals surface area (Å²) in [5.74, 6) is 2.43. The maximum absolute atomic E-state index is 5.52. The Hall–Kier alpha value is -1.52. The van der Waals surface area contributed by atoms with E-state index in [4.69, 9.17) is 19.2 Å². The van der Waals surface area contributed by atoms with E-state index in [0.29, 0.717) is 44.3 Å². The molecule has 0 radical (unpaired) electrons. The van der Waals surface area contributed by atoms with Gasteiger partial charge in [0.25, 0.3) is 0 Å². The number of halogens is 2. The number of aromatic nitrogens is 3. The summed E-state index contributed by atoms with van der Waals surface area (Å²) < 4.78 is 18.6. The fourth-order valence-corrected chi connectivity index (χ4v) is 5.37. The minimum atomic E-state index is 0.397. The van der Waals surface area contributed by atoms with Crippen LogP contribution in [-0.4, -0.2) is 80.9 Å². The Labute approximate surface area is 208 Å². The third-order valence-corrected chi connectivity index (χ3v) is 6.23. The molecule has 1 aromatic heterocycles. The van der Waals surface area contributed by atoms with E-state index < -0.39 is 0 Å². The van der Waals surface area contributed by atoms with Crippen LogP contribution in [0.15, 0.2) is 17.2 Å². The molecule has 2 aliphatic heterocycles. The van der Waals surface area contributed by atoms with Crippen LogP contribution < -0.4 is 20.0 Å². The zero-order chi connectivity index (χ0) is 21.6. The first-order valence-corrected chi connectivity index (χ1v) is 12.0. The van der Waals surface area contributed by atoms with Crippen molar-refractivity contribution in [3.8, 4) is 5.75 Å². The molecule has 2 aliphatic rings. The van der Waals surface area contributed by atoms with Crippen molar-refractivity contribution in [1.29, 1.82) is 0 Å². The van der Waals surface area contributed by atoms with Crippen LogP contribution in [0.25, 0.3) is 0 Å². The first-order chi connectivity index (χ1) is 15.1. The average molecular weight is 651 g/mol. The van der Waals surface area contributed by atoms with Crippen molar-refractivity contribution in [3.05, 3.63) is 24.8 Å². The van der Waals surface area contributed by atoms with E-state index >= 15 is 0 Å². The zero-order valence-electron chi connectivity index (χ0n) is 17.1. The summed E-state index contributed by atoms with van der Waals surface area (Å²) in [6.45, 7) is 5.60. The first kappa shape index (κ1) is 22.7. The number of anilines is 3. The van der Waals surface area contributed by atoms with Crippen molar-refractivity contribution in [2.75, 3.05) is 74.9 Å². The Morgan fingerprint density at radius 2 is 1.55 bits per heavy atom. The first-order valence-electron chi connectivity index (χ1n) is 9.87. The smallest absolute Gasteiger partial charge is 0.250 e. The molecule has 0 saturated carbocycles. The summed E-state index contributed by atoms with van der Waals surface area (Å²) in [7, 11) is 1.66. The largest absolute Gasteiger partial charge is 0.495 e. The SMILES string of the molecule is COc1c(I)cc(I)cc1/C=N\Nc1nc(N2CCOCC2)nc(N2CCOCC2)n1. The summed E-state index contributed by atoms with van der Waals surface area (Å²) in [5.41, 5.74) is 3.85. The summed E-state index contributed by atoms with van der Waals surface area (Å²) in [6, 6.07) is 4.07. The quantitative estimate of drug-likeness (QED) is 0.287. The van der Waals surface area contributed by atoms with Crippen molar-refractivity contribution in [2.45, 2.75) is 0 Å². The summed E-state index contributed by atoms with van der Waals surface area (Å²) >= 11 is 4.54. The number of ether oxygens (including phenoxy) is 3. The van der Waals surface area contributed by atoms with E-state index in [9.17, 15) is 0 Å². The second-order valence-corrected chi connectivity index (χ2v) is 9.25. The van der Waals surface area contributed by atoms with Crippen LogP contribution in [-0.2, 0) is 9.47 Å². The van der Waals surface area contributed by atoms with Gasteiger partial charge in [0.1, 0.15) is 5.75 Å². The van der Waals surface area contributed by atoms with Crippen LogP contribution in [0, 0.1) is 7.14 Å². The predicted molar refractivity (Wildman–Crippen MR) is 136 cm³/mol. The highest BCUT2D eigenvalue weighted by molar-refractivity contribution is 14.1. The van der Waals surface area contributed by atoms with E-state index in [2.05, 4.69) is 81.5 Å². The van der Waals surface area contributed by atoms with Crippen LogP contribution in [0.5, 0.6) is 5.75 Å². The van der Waals surface area contributed by atoms with Crippen molar-refractivity contribution in [3.63, 3.8) is 0 Å². The molecule has 2 saturated heterocycles. The number of benzene rings is 1. The Balaban J connectivity index is 1.58. The average Bonchev–Trinajstić information content (AvgIpc) is 2.80. The predicted octanol–water partition coefficient (Wildman–Crippen LogP) is 2.21. The number of hydrogen-bond acceptors (Lipinski definition) is 10. The summed E-state index contributed by atoms with van der Waals surface area (Å²) in [5, 5.41) is 4.37. The molecule has 0 spiro atoms. The van der Waals surface area contributed by atoms with E-state index in [1.54, 1.807) is 13.3 Å². The molecular formula is C19H23I2N7O3. The van der Waals surface area contributed by atoms with Gasteiger partial charge in [0.2, 0.25) is 17.8 Å². The van der Waals surface area contributed by atoms with Gasteiger partial charge in [0.15, 0.2) is 0 Å². The Morgan fingerprint density at radius 3 is 2.10 bits per heavy atom. The summed E-state index contributed by atoms with van der Waals surface area (Å²) in [6.07, 6.45) is 1.72. The van der Waals surface area contributed by atoms with E-state index in [1.807, 2.05) is 6.07 Å². The van der Waals surface area contributed by atoms with Crippen LogP contribution in [0.1, 0.15) is 5.56 Å². The van der Waals surface area contributed by atoms with Crippen LogP contribution in [0.4, 0.5) is 17.8 Å². The van der Waals surface area contributed by atoms with Crippen molar-refractivity contribution >= 4 is 69.2 Å². The van der Waals surface area contributed by atoms with Gasteiger partial charge in [-0.05, 0) is 57.3 Å². The van der Waals surface area contributed by atoms with Gasteiger partial charge in [-0.25, -0.2) is 5.43 Å². The van der Waals surface area contributed by atoms with Gasteiger partial charge >= 0.3 is 0 Å². The fourth-order valence-electron chi connectivity index (χ4n) is 3.26. The summed E-state index contributed by atoms with van der Waals surface area (Å²) in [4.78, 5) is 18.1. The molecule has 4 rings (SSSR count). The minimum absolute atomic E-state index is 0.397. The molecule has 31 heavy (non-hydrogen) atoms. The normalized spacial score (nSPS) is 17.3. The van der Waals surface area contributed by atoms with E-state index in [-0.39, 0.29) is 0 Å². The molecule has 0 amide bonds. The molecule has 12 heteroatoms. The molecular weight excluding hydrogens is 628 g/mol. The fraction of sp³-hybridized carbons (Fsp3) is 0.474. The molecule has 0 atom stereocenters. The van der Waals surface area contributed by atoms with Gasteiger partial charge < -0.3 is 24.0 Å². The van der Waals surface area contributed by atoms with E-state index in [1.165, 1.54) is 0 Å². The third kappa shape index (κ3) is 5.84. The molecule has 166 valence electrons. The van der Waals surface area contributed by atoms with Crippen molar-refractivity contribution in [2.24, 2.45) is 5.10 Å². The highest BCUT2D eigenvalue weighted by Crippen LogP contribution is 2.27. The molecule has 2 aromatic rings. The zero-order valence-corrected chi connectivity index (χ0v) is 21.4. The second kappa shape index (κ2) is 10.9. The number of hydrazone groups is 1. The Morgan fingerprint density at radius 1 is 0.968 bits per heavy atom. The monoisotopic (exact) mass is 651 g/mol. The number of methoxy groups -OCH3 is 1. The Bertz CT molecular complexity index is 899. The second-order valence-electron chi connectivity index (χ2n) is 6.84. The lowest BCUT2D eigenvalue weighted by Crippen LogP contribution is -2.40. The van der Waals surface area contributed by atoms with Gasteiger partial charge in [-0.2, -0.15) is 20.1 Å². The lowest BCUT2D eigenvalue weighted by atomic mass is 10.2. The maximum Gasteiger partial charge on any atom is 0.250 e. The van der Waals surface area contributed by atoms with Gasteiger partial charge in [0.05, 0.1) is 43.3 Å². The minimum Gasteiger partial charge on any atom is -0.495 e. The lowest BCUT2D eigenvalue weighted by molar-refractivity contribution is 0.121. The topological polar surface area (TPSA) is 97.2 Å². The van der Waals surface area contributed by atoms with E-state index in [0.717, 1.165) is 44.6 Å². The van der Waals surface area contributed by atoms with Gasteiger partial charge in [-0.1, -0.05) is 0 Å². The number of morpholine rings is 2. The number of rotatable bonds is 6. The van der Waals surface area contributed by atoms with Crippen molar-refractivity contribution < 1.29 is 14.2 Å². The molecule has 3 heterocycles. The molecule has 0 unspecified atom stereocenters. The van der Waals surface area contributed by atoms with Crippen molar-refractivity contribution in [1.82, 2.24) is 15.0 Å². The molecule has 0 bridgehead atoms. The third-order valence-electron chi connectivity index (χ3n) is 4.81. The molecule has 1 N–H and O–H groups in total. The van der Waals surface area contributed by atoms with Crippen LogP contribution >= 0.6 is 45.2 Å². The highest BCUT2D eigenvalue weighted by Gasteiger charge is 2.20. The molecule has 1 aromatic carbocycles. The standard InChI is InChI=1S/C19H23I2N7O3/c1-29-16-13(10-14(20)11-15(16)21)12-22-26-17-23-18(27-2-6-30-7-3-27)25-19(24-17)28-4-8-31-9-5-28/h10-12H,2-9H2,1H3,(H,23,24,25,26)/b22-12-. The van der Waals surface area contributed by atoms with Crippen LogP contribution in [0.2, 0.25) is 0 Å². The Kier molecular flexibility index (Phi) is 7.95. The highest BCUT2D eigenvalue weighted by atomic mass is 127.